The third-order valence-corrected chi connectivity index (χ3v) is 3.10. The molecular weight excluding hydrogens is 304 g/mol. The van der Waals surface area contributed by atoms with Gasteiger partial charge in [-0.15, -0.1) is 12.4 Å². The molecule has 0 bridgehead atoms. The molecule has 1 aromatic carbocycles. The van der Waals surface area contributed by atoms with Crippen molar-refractivity contribution in [3.63, 3.8) is 0 Å². The number of nitrogens with zero attached hydrogens (tertiary/aromatic N) is 1. The molecule has 0 spiro atoms. The standard InChI is InChI=1S/C13H11F2N3O2.ClH/c14-13(15)7-16-6-5-10(13)8-1-3-9(4-2-8)11-17-12(19)20-18-11;/h1-5,16H,6-7H2,(H,17,18,19);1H. The lowest BCUT2D eigenvalue weighted by Crippen LogP contribution is -2.38. The van der Waals surface area contributed by atoms with Gasteiger partial charge >= 0.3 is 5.76 Å². The smallest absolute Gasteiger partial charge is 0.307 e. The maximum Gasteiger partial charge on any atom is 0.439 e. The van der Waals surface area contributed by atoms with E-state index in [9.17, 15) is 13.6 Å². The third kappa shape index (κ3) is 3.03. The minimum Gasteiger partial charge on any atom is -0.307 e. The highest BCUT2D eigenvalue weighted by atomic mass is 35.5. The number of hydrogen-bond donors (Lipinski definition) is 2. The lowest BCUT2D eigenvalue weighted by atomic mass is 9.96. The average Bonchev–Trinajstić information content (AvgIpc) is 2.85. The van der Waals surface area contributed by atoms with Gasteiger partial charge in [0.05, 0.1) is 6.54 Å². The van der Waals surface area contributed by atoms with E-state index in [2.05, 4.69) is 20.0 Å². The molecule has 2 heterocycles. The highest BCUT2D eigenvalue weighted by Crippen LogP contribution is 2.34. The van der Waals surface area contributed by atoms with E-state index in [-0.39, 0.29) is 30.3 Å². The van der Waals surface area contributed by atoms with Gasteiger partial charge in [0, 0.05) is 17.7 Å². The number of aromatic nitrogens is 2. The number of benzene rings is 1. The first-order chi connectivity index (χ1) is 9.56. The van der Waals surface area contributed by atoms with Crippen LogP contribution < -0.4 is 11.1 Å². The maximum absolute atomic E-state index is 13.8. The van der Waals surface area contributed by atoms with E-state index in [0.29, 0.717) is 17.7 Å². The zero-order valence-electron chi connectivity index (χ0n) is 10.7. The van der Waals surface area contributed by atoms with Gasteiger partial charge in [0.15, 0.2) is 5.82 Å². The second kappa shape index (κ2) is 5.79. The van der Waals surface area contributed by atoms with Gasteiger partial charge in [0.2, 0.25) is 0 Å². The first-order valence-electron chi connectivity index (χ1n) is 6.02. The number of H-pyrrole nitrogens is 1. The Morgan fingerprint density at radius 3 is 2.43 bits per heavy atom. The van der Waals surface area contributed by atoms with Crippen LogP contribution in [0.3, 0.4) is 0 Å². The summed E-state index contributed by atoms with van der Waals surface area (Å²) >= 11 is 0. The first kappa shape index (κ1) is 15.4. The zero-order valence-corrected chi connectivity index (χ0v) is 11.5. The molecule has 2 aromatic rings. The zero-order chi connectivity index (χ0) is 14.2. The predicted molar refractivity (Wildman–Crippen MR) is 75.6 cm³/mol. The van der Waals surface area contributed by atoms with Gasteiger partial charge in [-0.2, -0.15) is 8.78 Å². The number of aromatic amines is 1. The van der Waals surface area contributed by atoms with Crippen molar-refractivity contribution >= 4 is 18.0 Å². The molecule has 5 nitrogen and oxygen atoms in total. The molecule has 112 valence electrons. The van der Waals surface area contributed by atoms with E-state index >= 15 is 0 Å². The topological polar surface area (TPSA) is 70.9 Å². The first-order valence-corrected chi connectivity index (χ1v) is 6.02. The molecule has 3 rings (SSSR count). The Morgan fingerprint density at radius 2 is 1.86 bits per heavy atom. The molecule has 2 N–H and O–H groups in total. The summed E-state index contributed by atoms with van der Waals surface area (Å²) in [5, 5.41) is 6.17. The quantitative estimate of drug-likeness (QED) is 0.890. The summed E-state index contributed by atoms with van der Waals surface area (Å²) in [4.78, 5) is 13.3. The summed E-state index contributed by atoms with van der Waals surface area (Å²) in [7, 11) is 0. The van der Waals surface area contributed by atoms with Crippen LogP contribution in [0.25, 0.3) is 17.0 Å². The van der Waals surface area contributed by atoms with E-state index in [4.69, 9.17) is 0 Å². The van der Waals surface area contributed by atoms with Crippen molar-refractivity contribution in [2.24, 2.45) is 0 Å². The number of rotatable bonds is 2. The molecule has 0 amide bonds. The second-order valence-corrected chi connectivity index (χ2v) is 4.47. The Hall–Kier alpha value is -1.99. The minimum absolute atomic E-state index is 0. The molecule has 1 aromatic heterocycles. The monoisotopic (exact) mass is 315 g/mol. The molecule has 0 saturated heterocycles. The van der Waals surface area contributed by atoms with Crippen LogP contribution in [-0.4, -0.2) is 29.2 Å². The largest absolute Gasteiger partial charge is 0.439 e. The lowest BCUT2D eigenvalue weighted by molar-refractivity contribution is 0.0636. The molecule has 8 heteroatoms. The van der Waals surface area contributed by atoms with Crippen LogP contribution in [0.4, 0.5) is 8.78 Å². The minimum atomic E-state index is -2.89. The number of nitrogens with one attached hydrogen (secondary N) is 2. The van der Waals surface area contributed by atoms with Crippen LogP contribution in [0.2, 0.25) is 0 Å². The van der Waals surface area contributed by atoms with Crippen LogP contribution >= 0.6 is 12.4 Å². The van der Waals surface area contributed by atoms with Gasteiger partial charge in [-0.3, -0.25) is 9.51 Å². The van der Waals surface area contributed by atoms with Crippen molar-refractivity contribution < 1.29 is 13.3 Å². The fourth-order valence-electron chi connectivity index (χ4n) is 2.14. The molecule has 0 fully saturated rings. The summed E-state index contributed by atoms with van der Waals surface area (Å²) in [6.45, 7) is 0.0560. The Morgan fingerprint density at radius 1 is 1.19 bits per heavy atom. The highest BCUT2D eigenvalue weighted by Gasteiger charge is 2.36. The van der Waals surface area contributed by atoms with Gasteiger partial charge in [0.1, 0.15) is 0 Å². The van der Waals surface area contributed by atoms with E-state index in [1.807, 2.05) is 0 Å². The van der Waals surface area contributed by atoms with Gasteiger partial charge in [-0.25, -0.2) is 4.79 Å². The normalized spacial score (nSPS) is 17.0. The van der Waals surface area contributed by atoms with Crippen molar-refractivity contribution in [2.75, 3.05) is 13.1 Å². The Balaban J connectivity index is 0.00000161. The highest BCUT2D eigenvalue weighted by molar-refractivity contribution is 5.85. The fraction of sp³-hybridized carbons (Fsp3) is 0.231. The molecule has 21 heavy (non-hydrogen) atoms. The van der Waals surface area contributed by atoms with Crippen molar-refractivity contribution in [3.05, 3.63) is 46.5 Å². The summed E-state index contributed by atoms with van der Waals surface area (Å²) in [5.74, 6) is -3.27. The molecule has 1 aliphatic rings. The molecule has 0 aliphatic carbocycles. The summed E-state index contributed by atoms with van der Waals surface area (Å²) in [6, 6.07) is 6.38. The SMILES string of the molecule is Cl.O=c1[nH]c(-c2ccc(C3=CCNCC3(F)F)cc2)no1. The van der Waals surface area contributed by atoms with Crippen molar-refractivity contribution in [1.29, 1.82) is 0 Å². The van der Waals surface area contributed by atoms with E-state index in [0.717, 1.165) is 0 Å². The number of hydrogen-bond acceptors (Lipinski definition) is 4. The van der Waals surface area contributed by atoms with Crippen LogP contribution in [0.1, 0.15) is 5.56 Å². The van der Waals surface area contributed by atoms with Gasteiger partial charge in [-0.05, 0) is 5.56 Å². The molecular formula is C13H12ClF2N3O2. The molecule has 0 unspecified atom stereocenters. The van der Waals surface area contributed by atoms with E-state index in [1.54, 1.807) is 24.3 Å². The summed E-state index contributed by atoms with van der Waals surface area (Å²) in [5.41, 5.74) is 1.06. The predicted octanol–water partition coefficient (Wildman–Crippen LogP) is 2.07. The molecule has 0 atom stereocenters. The fourth-order valence-corrected chi connectivity index (χ4v) is 2.14. The van der Waals surface area contributed by atoms with Crippen LogP contribution in [-0.2, 0) is 0 Å². The third-order valence-electron chi connectivity index (χ3n) is 3.10. The van der Waals surface area contributed by atoms with E-state index < -0.39 is 11.7 Å². The Labute approximate surface area is 124 Å². The van der Waals surface area contributed by atoms with Crippen LogP contribution in [0.5, 0.6) is 0 Å². The summed E-state index contributed by atoms with van der Waals surface area (Å²) < 4.78 is 31.9. The number of halogens is 3. The molecule has 1 aliphatic heterocycles. The summed E-state index contributed by atoms with van der Waals surface area (Å²) in [6.07, 6.45) is 1.48. The Bertz CT molecular complexity index is 707. The van der Waals surface area contributed by atoms with Gasteiger partial charge in [0.25, 0.3) is 5.92 Å². The van der Waals surface area contributed by atoms with Crippen LogP contribution in [0, 0.1) is 0 Å². The average molecular weight is 316 g/mol. The van der Waals surface area contributed by atoms with Crippen molar-refractivity contribution in [1.82, 2.24) is 15.5 Å². The van der Waals surface area contributed by atoms with Crippen LogP contribution in [0.15, 0.2) is 39.7 Å². The molecule has 0 saturated carbocycles. The van der Waals surface area contributed by atoms with E-state index in [1.165, 1.54) is 6.08 Å². The molecule has 0 radical (unpaired) electrons. The maximum atomic E-state index is 13.8. The van der Waals surface area contributed by atoms with Gasteiger partial charge < -0.3 is 5.32 Å². The van der Waals surface area contributed by atoms with Crippen molar-refractivity contribution in [2.45, 2.75) is 5.92 Å². The number of alkyl halides is 2. The van der Waals surface area contributed by atoms with Crippen molar-refractivity contribution in [3.8, 4) is 11.4 Å². The van der Waals surface area contributed by atoms with Gasteiger partial charge in [-0.1, -0.05) is 35.5 Å². The second-order valence-electron chi connectivity index (χ2n) is 4.47. The lowest BCUT2D eigenvalue weighted by Gasteiger charge is -2.24. The Kier molecular flexibility index (Phi) is 4.24.